The fourth-order valence-corrected chi connectivity index (χ4v) is 4.69. The molecule has 1 aliphatic carbocycles. The Bertz CT molecular complexity index is 1070. The molecule has 0 radical (unpaired) electrons. The number of carbonyl (C=O) groups excluding carboxylic acids is 2. The van der Waals surface area contributed by atoms with Gasteiger partial charge in [0.05, 0.1) is 18.5 Å². The smallest absolute Gasteiger partial charge is 0.251 e. The van der Waals surface area contributed by atoms with E-state index < -0.39 is 6.04 Å². The zero-order valence-corrected chi connectivity index (χ0v) is 19.5. The molecule has 3 aromatic rings. The number of pyridine rings is 1. The Kier molecular flexibility index (Phi) is 7.43. The van der Waals surface area contributed by atoms with Crippen molar-refractivity contribution in [2.45, 2.75) is 71.0 Å². The number of benzene rings is 1. The Hall–Kier alpha value is -3.15. The van der Waals surface area contributed by atoms with Crippen molar-refractivity contribution in [3.05, 3.63) is 66.2 Å². The fourth-order valence-electron chi connectivity index (χ4n) is 4.69. The van der Waals surface area contributed by atoms with Gasteiger partial charge in [0.1, 0.15) is 11.6 Å². The quantitative estimate of drug-likeness (QED) is 0.506. The molecule has 0 bridgehead atoms. The van der Waals surface area contributed by atoms with Crippen molar-refractivity contribution in [1.82, 2.24) is 15.2 Å². The molecule has 0 aliphatic heterocycles. The first-order valence-electron chi connectivity index (χ1n) is 12.0. The first-order chi connectivity index (χ1) is 16.0. The summed E-state index contributed by atoms with van der Waals surface area (Å²) in [6.07, 6.45) is 9.42. The highest BCUT2D eigenvalue weighted by Crippen LogP contribution is 2.26. The van der Waals surface area contributed by atoms with Gasteiger partial charge in [-0.15, -0.1) is 0 Å². The van der Waals surface area contributed by atoms with Gasteiger partial charge in [-0.2, -0.15) is 0 Å². The molecule has 1 saturated carbocycles. The molecule has 0 spiro atoms. The van der Waals surface area contributed by atoms with Gasteiger partial charge in [-0.25, -0.2) is 0 Å². The number of carbonyl (C=O) groups is 2. The molecule has 4 rings (SSSR count). The Morgan fingerprint density at radius 3 is 2.67 bits per heavy atom. The summed E-state index contributed by atoms with van der Waals surface area (Å²) in [4.78, 5) is 33.5. The zero-order chi connectivity index (χ0) is 23.2. The number of aromatic nitrogens is 1. The van der Waals surface area contributed by atoms with Crippen LogP contribution in [0.4, 0.5) is 0 Å². The van der Waals surface area contributed by atoms with E-state index in [4.69, 9.17) is 4.42 Å². The van der Waals surface area contributed by atoms with Gasteiger partial charge in [-0.3, -0.25) is 14.6 Å². The van der Waals surface area contributed by atoms with Gasteiger partial charge in [-0.05, 0) is 61.6 Å². The predicted octanol–water partition coefficient (Wildman–Crippen LogP) is 5.33. The van der Waals surface area contributed by atoms with E-state index in [1.54, 1.807) is 30.7 Å². The molecule has 0 unspecified atom stereocenters. The van der Waals surface area contributed by atoms with Crippen LogP contribution < -0.4 is 5.32 Å². The van der Waals surface area contributed by atoms with E-state index in [1.165, 1.54) is 6.42 Å². The Morgan fingerprint density at radius 2 is 1.94 bits per heavy atom. The maximum absolute atomic E-state index is 13.9. The fraction of sp³-hybridized carbons (Fsp3) is 0.444. The number of rotatable bonds is 8. The van der Waals surface area contributed by atoms with Crippen LogP contribution in [-0.4, -0.2) is 33.8 Å². The Balaban J connectivity index is 1.56. The summed E-state index contributed by atoms with van der Waals surface area (Å²) in [6, 6.07) is 12.6. The maximum Gasteiger partial charge on any atom is 0.251 e. The van der Waals surface area contributed by atoms with Gasteiger partial charge < -0.3 is 14.6 Å². The molecule has 6 nitrogen and oxygen atoms in total. The number of nitrogens with zero attached hydrogens (tertiary/aromatic N) is 2. The van der Waals surface area contributed by atoms with Gasteiger partial charge in [0.15, 0.2) is 0 Å². The van der Waals surface area contributed by atoms with Crippen molar-refractivity contribution < 1.29 is 14.0 Å². The lowest BCUT2D eigenvalue weighted by Crippen LogP contribution is -2.52. The van der Waals surface area contributed by atoms with Crippen LogP contribution in [0.25, 0.3) is 11.0 Å². The molecule has 33 heavy (non-hydrogen) atoms. The molecule has 1 aromatic carbocycles. The molecule has 174 valence electrons. The van der Waals surface area contributed by atoms with Crippen molar-refractivity contribution in [2.75, 3.05) is 0 Å². The Morgan fingerprint density at radius 1 is 1.12 bits per heavy atom. The normalized spacial score (nSPS) is 15.5. The minimum atomic E-state index is -0.580. The van der Waals surface area contributed by atoms with Crippen LogP contribution in [0.15, 0.2) is 59.3 Å². The van der Waals surface area contributed by atoms with Crippen molar-refractivity contribution in [3.63, 3.8) is 0 Å². The zero-order valence-electron chi connectivity index (χ0n) is 19.5. The standard InChI is InChI=1S/C27H33N3O3/c1-19(2)16-24(29-26(31)21-11-12-25-20(17-21)13-15-33-25)27(32)30(23-9-4-3-5-10-23)18-22-8-6-7-14-28-22/h6-8,11-15,17,19,23-24H,3-5,9-10,16,18H2,1-2H3,(H,29,31)/t24-/m0/s1. The highest BCUT2D eigenvalue weighted by molar-refractivity contribution is 6.00. The minimum Gasteiger partial charge on any atom is -0.464 e. The lowest BCUT2D eigenvalue weighted by molar-refractivity contribution is -0.137. The van der Waals surface area contributed by atoms with Crippen LogP contribution in [0, 0.1) is 5.92 Å². The second-order valence-electron chi connectivity index (χ2n) is 9.41. The van der Waals surface area contributed by atoms with Crippen LogP contribution in [0.3, 0.4) is 0 Å². The summed E-state index contributed by atoms with van der Waals surface area (Å²) < 4.78 is 5.38. The number of furan rings is 1. The third kappa shape index (κ3) is 5.81. The molecule has 2 amide bonds. The summed E-state index contributed by atoms with van der Waals surface area (Å²) in [5.74, 6) is 0.0104. The van der Waals surface area contributed by atoms with Gasteiger partial charge >= 0.3 is 0 Å². The van der Waals surface area contributed by atoms with Crippen LogP contribution >= 0.6 is 0 Å². The minimum absolute atomic E-state index is 0.0148. The van der Waals surface area contributed by atoms with E-state index in [9.17, 15) is 9.59 Å². The van der Waals surface area contributed by atoms with E-state index in [-0.39, 0.29) is 23.8 Å². The summed E-state index contributed by atoms with van der Waals surface area (Å²) in [5.41, 5.74) is 2.14. The van der Waals surface area contributed by atoms with Gasteiger partial charge in [-0.1, -0.05) is 39.2 Å². The summed E-state index contributed by atoms with van der Waals surface area (Å²) in [6.45, 7) is 4.62. The van der Waals surface area contributed by atoms with E-state index in [0.717, 1.165) is 42.3 Å². The van der Waals surface area contributed by atoms with Gasteiger partial charge in [0.2, 0.25) is 5.91 Å². The molecule has 1 N–H and O–H groups in total. The summed E-state index contributed by atoms with van der Waals surface area (Å²) >= 11 is 0. The SMILES string of the molecule is CC(C)C[C@H](NC(=O)c1ccc2occc2c1)C(=O)N(Cc1ccccn1)C1CCCCC1. The molecule has 1 fully saturated rings. The number of amides is 2. The second kappa shape index (κ2) is 10.6. The Labute approximate surface area is 195 Å². The average molecular weight is 448 g/mol. The second-order valence-corrected chi connectivity index (χ2v) is 9.41. The first-order valence-corrected chi connectivity index (χ1v) is 12.0. The lowest BCUT2D eigenvalue weighted by Gasteiger charge is -2.37. The lowest BCUT2D eigenvalue weighted by atomic mass is 9.92. The number of hydrogen-bond acceptors (Lipinski definition) is 4. The topological polar surface area (TPSA) is 75.4 Å². The third-order valence-electron chi connectivity index (χ3n) is 6.38. The molecule has 6 heteroatoms. The number of nitrogens with one attached hydrogen (secondary N) is 1. The monoisotopic (exact) mass is 447 g/mol. The van der Waals surface area contributed by atoms with Crippen LogP contribution in [-0.2, 0) is 11.3 Å². The largest absolute Gasteiger partial charge is 0.464 e. The molecular formula is C27H33N3O3. The van der Waals surface area contributed by atoms with Gasteiger partial charge in [0, 0.05) is 23.2 Å². The van der Waals surface area contributed by atoms with E-state index in [0.29, 0.717) is 18.5 Å². The molecule has 0 saturated heterocycles. The van der Waals surface area contributed by atoms with Crippen molar-refractivity contribution in [1.29, 1.82) is 0 Å². The molecule has 1 aliphatic rings. The van der Waals surface area contributed by atoms with Crippen molar-refractivity contribution in [3.8, 4) is 0 Å². The average Bonchev–Trinajstić information content (AvgIpc) is 3.30. The third-order valence-corrected chi connectivity index (χ3v) is 6.38. The van der Waals surface area contributed by atoms with Crippen LogP contribution in [0.2, 0.25) is 0 Å². The molecule has 2 aromatic heterocycles. The van der Waals surface area contributed by atoms with Crippen LogP contribution in [0.5, 0.6) is 0 Å². The predicted molar refractivity (Wildman–Crippen MR) is 129 cm³/mol. The maximum atomic E-state index is 13.9. The van der Waals surface area contributed by atoms with E-state index in [1.807, 2.05) is 29.2 Å². The van der Waals surface area contributed by atoms with Crippen LogP contribution in [0.1, 0.15) is 68.4 Å². The van der Waals surface area contributed by atoms with Crippen molar-refractivity contribution in [2.24, 2.45) is 5.92 Å². The highest BCUT2D eigenvalue weighted by atomic mass is 16.3. The van der Waals surface area contributed by atoms with Gasteiger partial charge in [0.25, 0.3) is 5.91 Å². The summed E-state index contributed by atoms with van der Waals surface area (Å²) in [7, 11) is 0. The molecular weight excluding hydrogens is 414 g/mol. The molecule has 2 heterocycles. The molecule has 1 atom stereocenters. The highest BCUT2D eigenvalue weighted by Gasteiger charge is 2.32. The van der Waals surface area contributed by atoms with E-state index >= 15 is 0 Å². The first kappa shape index (κ1) is 23.0. The van der Waals surface area contributed by atoms with E-state index in [2.05, 4.69) is 24.1 Å². The number of hydrogen-bond donors (Lipinski definition) is 1. The summed E-state index contributed by atoms with van der Waals surface area (Å²) in [5, 5.41) is 3.91. The number of fused-ring (bicyclic) bond motifs is 1. The van der Waals surface area contributed by atoms with Crippen molar-refractivity contribution >= 4 is 22.8 Å².